The number of carbonyl (C=O) groups excluding carboxylic acids is 1. The maximum absolute atomic E-state index is 11.0. The molecule has 2 aromatic heterocycles. The standard InChI is InChI=1S/C22H26BrN7O2S/c1-28-8-9-32-17-11-18(15(23)10-16(17)28)33-22-27-19-20(24)25-12-26-21(19)30(22)7-4-14-2-5-29(13-31)6-3-14/h10-14H,2-9H2,1H3,(H2,24,25,26). The Bertz CT molecular complexity index is 1180. The molecule has 11 heteroatoms. The fourth-order valence-electron chi connectivity index (χ4n) is 4.40. The smallest absolute Gasteiger partial charge is 0.209 e. The molecule has 3 aromatic rings. The maximum Gasteiger partial charge on any atom is 0.209 e. The fraction of sp³-hybridized carbons (Fsp3) is 0.455. The number of likely N-dealkylation sites (tertiary alicyclic amines) is 1. The summed E-state index contributed by atoms with van der Waals surface area (Å²) in [4.78, 5) is 29.5. The lowest BCUT2D eigenvalue weighted by molar-refractivity contribution is -0.119. The van der Waals surface area contributed by atoms with E-state index in [-0.39, 0.29) is 0 Å². The van der Waals surface area contributed by atoms with Crippen molar-refractivity contribution in [1.29, 1.82) is 0 Å². The van der Waals surface area contributed by atoms with Crippen molar-refractivity contribution in [2.75, 3.05) is 43.9 Å². The number of hydrogen-bond acceptors (Lipinski definition) is 8. The fourth-order valence-corrected chi connectivity index (χ4v) is 5.92. The van der Waals surface area contributed by atoms with Crippen molar-refractivity contribution >= 4 is 56.8 Å². The number of anilines is 2. The van der Waals surface area contributed by atoms with Gasteiger partial charge in [-0.15, -0.1) is 0 Å². The molecule has 4 heterocycles. The molecule has 9 nitrogen and oxygen atoms in total. The molecule has 174 valence electrons. The molecule has 2 aliphatic heterocycles. The van der Waals surface area contributed by atoms with Gasteiger partial charge in [0, 0.05) is 36.1 Å². The van der Waals surface area contributed by atoms with Gasteiger partial charge in [-0.05, 0) is 53.2 Å². The Morgan fingerprint density at radius 1 is 1.27 bits per heavy atom. The van der Waals surface area contributed by atoms with Gasteiger partial charge in [-0.1, -0.05) is 11.8 Å². The van der Waals surface area contributed by atoms with Crippen LogP contribution in [0.25, 0.3) is 11.2 Å². The van der Waals surface area contributed by atoms with Crippen molar-refractivity contribution in [1.82, 2.24) is 24.4 Å². The van der Waals surface area contributed by atoms with Crippen LogP contribution in [-0.4, -0.2) is 64.1 Å². The van der Waals surface area contributed by atoms with Gasteiger partial charge >= 0.3 is 0 Å². The van der Waals surface area contributed by atoms with Gasteiger partial charge in [0.1, 0.15) is 18.7 Å². The molecule has 1 fully saturated rings. The predicted octanol–water partition coefficient (Wildman–Crippen LogP) is 3.41. The van der Waals surface area contributed by atoms with Crippen LogP contribution in [0.15, 0.2) is 33.0 Å². The molecule has 0 bridgehead atoms. The SMILES string of the molecule is CN1CCOc2cc(Sc3nc4c(N)ncnc4n3CCC3CCN(C=O)CC3)c(Br)cc21. The number of amides is 1. The van der Waals surface area contributed by atoms with Crippen LogP contribution in [0, 0.1) is 5.92 Å². The monoisotopic (exact) mass is 531 g/mol. The minimum Gasteiger partial charge on any atom is -0.490 e. The lowest BCUT2D eigenvalue weighted by Gasteiger charge is -2.29. The Labute approximate surface area is 204 Å². The number of halogens is 1. The molecule has 0 saturated carbocycles. The van der Waals surface area contributed by atoms with E-state index < -0.39 is 0 Å². The number of nitrogen functional groups attached to an aromatic ring is 1. The first kappa shape index (κ1) is 22.3. The number of carbonyl (C=O) groups is 1. The summed E-state index contributed by atoms with van der Waals surface area (Å²) in [5.41, 5.74) is 8.58. The quantitative estimate of drug-likeness (QED) is 0.482. The lowest BCUT2D eigenvalue weighted by atomic mass is 9.94. The highest BCUT2D eigenvalue weighted by Crippen LogP contribution is 2.42. The maximum atomic E-state index is 11.0. The number of piperidine rings is 1. The molecule has 33 heavy (non-hydrogen) atoms. The second kappa shape index (κ2) is 9.38. The average molecular weight is 532 g/mol. The Kier molecular flexibility index (Phi) is 6.33. The minimum absolute atomic E-state index is 0.384. The molecule has 2 aliphatic rings. The van der Waals surface area contributed by atoms with E-state index in [2.05, 4.69) is 54.5 Å². The van der Waals surface area contributed by atoms with Gasteiger partial charge < -0.3 is 24.8 Å². The van der Waals surface area contributed by atoms with Gasteiger partial charge in [-0.3, -0.25) is 4.79 Å². The molecule has 1 aromatic carbocycles. The summed E-state index contributed by atoms with van der Waals surface area (Å²) in [6.45, 7) is 3.97. The summed E-state index contributed by atoms with van der Waals surface area (Å²) in [5.74, 6) is 1.82. The second-order valence-corrected chi connectivity index (χ2v) is 10.3. The number of nitrogens with zero attached hydrogens (tertiary/aromatic N) is 6. The zero-order chi connectivity index (χ0) is 22.9. The Morgan fingerprint density at radius 3 is 2.88 bits per heavy atom. The van der Waals surface area contributed by atoms with Crippen LogP contribution >= 0.6 is 27.7 Å². The van der Waals surface area contributed by atoms with Crippen LogP contribution in [0.2, 0.25) is 0 Å². The van der Waals surface area contributed by atoms with Gasteiger partial charge in [-0.2, -0.15) is 0 Å². The lowest BCUT2D eigenvalue weighted by Crippen LogP contribution is -2.32. The first-order valence-corrected chi connectivity index (χ1v) is 12.7. The van der Waals surface area contributed by atoms with E-state index in [4.69, 9.17) is 15.5 Å². The van der Waals surface area contributed by atoms with E-state index in [1.165, 1.54) is 6.33 Å². The van der Waals surface area contributed by atoms with Crippen molar-refractivity contribution in [2.45, 2.75) is 35.9 Å². The van der Waals surface area contributed by atoms with Crippen LogP contribution in [-0.2, 0) is 11.3 Å². The van der Waals surface area contributed by atoms with Crippen molar-refractivity contribution in [3.8, 4) is 5.75 Å². The summed E-state index contributed by atoms with van der Waals surface area (Å²) in [6, 6.07) is 4.16. The third-order valence-corrected chi connectivity index (χ3v) is 8.37. The summed E-state index contributed by atoms with van der Waals surface area (Å²) < 4.78 is 9.04. The Morgan fingerprint density at radius 2 is 2.09 bits per heavy atom. The number of nitrogens with two attached hydrogens (primary N) is 1. The van der Waals surface area contributed by atoms with Crippen molar-refractivity contribution in [3.05, 3.63) is 22.9 Å². The van der Waals surface area contributed by atoms with Crippen LogP contribution in [0.3, 0.4) is 0 Å². The van der Waals surface area contributed by atoms with Gasteiger partial charge in [0.25, 0.3) is 0 Å². The number of fused-ring (bicyclic) bond motifs is 2. The Balaban J connectivity index is 1.43. The number of ether oxygens (including phenoxy) is 1. The summed E-state index contributed by atoms with van der Waals surface area (Å²) >= 11 is 5.30. The molecular formula is C22H26BrN7O2S. The number of hydrogen-bond donors (Lipinski definition) is 1. The highest BCUT2D eigenvalue weighted by molar-refractivity contribution is 9.10. The van der Waals surface area contributed by atoms with Crippen molar-refractivity contribution < 1.29 is 9.53 Å². The van der Waals surface area contributed by atoms with Gasteiger partial charge in [-0.25, -0.2) is 15.0 Å². The third kappa shape index (κ3) is 4.48. The van der Waals surface area contributed by atoms with E-state index >= 15 is 0 Å². The largest absolute Gasteiger partial charge is 0.490 e. The van der Waals surface area contributed by atoms with Gasteiger partial charge in [0.15, 0.2) is 22.1 Å². The summed E-state index contributed by atoms with van der Waals surface area (Å²) in [7, 11) is 2.07. The molecule has 0 unspecified atom stereocenters. The first-order valence-electron chi connectivity index (χ1n) is 11.0. The second-order valence-electron chi connectivity index (χ2n) is 8.47. The van der Waals surface area contributed by atoms with Crippen LogP contribution in [0.1, 0.15) is 19.3 Å². The predicted molar refractivity (Wildman–Crippen MR) is 132 cm³/mol. The molecule has 5 rings (SSSR count). The number of imidazole rings is 1. The average Bonchev–Trinajstić information content (AvgIpc) is 3.17. The molecule has 0 spiro atoms. The van der Waals surface area contributed by atoms with Crippen LogP contribution in [0.5, 0.6) is 5.75 Å². The topological polar surface area (TPSA) is 102 Å². The third-order valence-electron chi connectivity index (χ3n) is 6.39. The summed E-state index contributed by atoms with van der Waals surface area (Å²) in [5, 5.41) is 0.826. The van der Waals surface area contributed by atoms with E-state index in [1.807, 2.05) is 4.90 Å². The number of aromatic nitrogens is 4. The van der Waals surface area contributed by atoms with Crippen molar-refractivity contribution in [3.63, 3.8) is 0 Å². The van der Waals surface area contributed by atoms with Crippen molar-refractivity contribution in [2.24, 2.45) is 5.92 Å². The molecule has 0 aliphatic carbocycles. The molecular weight excluding hydrogens is 506 g/mol. The zero-order valence-corrected chi connectivity index (χ0v) is 20.8. The van der Waals surface area contributed by atoms with Gasteiger partial charge in [0.05, 0.1) is 12.2 Å². The molecule has 0 atom stereocenters. The number of rotatable bonds is 6. The number of aryl methyl sites for hydroxylation is 1. The molecule has 0 radical (unpaired) electrons. The number of likely N-dealkylation sites (N-methyl/N-ethyl adjacent to an activating group) is 1. The highest BCUT2D eigenvalue weighted by Gasteiger charge is 2.23. The molecule has 1 saturated heterocycles. The minimum atomic E-state index is 0.384. The van der Waals surface area contributed by atoms with E-state index in [1.54, 1.807) is 11.8 Å². The molecule has 1 amide bonds. The summed E-state index contributed by atoms with van der Waals surface area (Å²) in [6.07, 6.45) is 5.48. The first-order chi connectivity index (χ1) is 16.0. The highest BCUT2D eigenvalue weighted by atomic mass is 79.9. The number of benzene rings is 1. The molecule has 2 N–H and O–H groups in total. The van der Waals surface area contributed by atoms with Gasteiger partial charge in [0.2, 0.25) is 6.41 Å². The normalized spacial score (nSPS) is 16.7. The Hall–Kier alpha value is -2.53. The van der Waals surface area contributed by atoms with E-state index in [0.717, 1.165) is 83.5 Å². The van der Waals surface area contributed by atoms with E-state index in [0.29, 0.717) is 23.9 Å². The van der Waals surface area contributed by atoms with Crippen LogP contribution < -0.4 is 15.4 Å². The van der Waals surface area contributed by atoms with Crippen LogP contribution in [0.4, 0.5) is 11.5 Å². The van der Waals surface area contributed by atoms with E-state index in [9.17, 15) is 4.79 Å². The zero-order valence-electron chi connectivity index (χ0n) is 18.4.